The van der Waals surface area contributed by atoms with E-state index in [1.54, 1.807) is 4.90 Å². The van der Waals surface area contributed by atoms with E-state index in [9.17, 15) is 32.4 Å². The number of ether oxygens (including phenoxy) is 1. The Morgan fingerprint density at radius 2 is 1.67 bits per heavy atom. The summed E-state index contributed by atoms with van der Waals surface area (Å²) in [5.74, 6) is -2.86. The molecule has 14 heteroatoms. The zero-order valence-electron chi connectivity index (χ0n) is 29.8. The largest absolute Gasteiger partial charge is 0.444 e. The highest BCUT2D eigenvalue weighted by Crippen LogP contribution is 2.46. The molecule has 4 fully saturated rings. The number of carbonyl (C=O) groups excluding carboxylic acids is 5. The fourth-order valence-electron chi connectivity index (χ4n) is 8.33. The van der Waals surface area contributed by atoms with E-state index in [0.717, 1.165) is 50.5 Å². The Labute approximate surface area is 305 Å². The normalized spacial score (nSPS) is 30.4. The molecule has 1 aromatic carbocycles. The molecule has 5 atom stereocenters. The molecule has 0 bridgehead atoms. The predicted octanol–water partition coefficient (Wildman–Crippen LogP) is 3.17. The minimum atomic E-state index is -3.87. The van der Waals surface area contributed by atoms with Crippen molar-refractivity contribution >= 4 is 39.7 Å². The highest BCUT2D eigenvalue weighted by molar-refractivity contribution is 7.91. The quantitative estimate of drug-likeness (QED) is 0.421. The molecule has 4 aliphatic heterocycles. The van der Waals surface area contributed by atoms with Crippen molar-refractivity contribution in [3.05, 3.63) is 47.5 Å². The SMILES string of the molecule is O=C1N[C@]2(C(=O)NS(=O)(=O)C3CC3)C[C@@H]2/C=C\CCCCC[C@H](CC(=O)N2CCCCC2)C(=O)N2C[C@H](OC(=O)N3CCc4ccccc4C3)C[C@@H]12. The number of carbonyl (C=O) groups is 5. The highest BCUT2D eigenvalue weighted by atomic mass is 32.2. The summed E-state index contributed by atoms with van der Waals surface area (Å²) in [6.07, 6.45) is 11.0. The first-order valence-electron chi connectivity index (χ1n) is 19.2. The number of allylic oxidation sites excluding steroid dienone is 1. The van der Waals surface area contributed by atoms with Gasteiger partial charge in [0.15, 0.2) is 0 Å². The standard InChI is InChI=1S/C38H51N5O8S/c44-33(41-18-9-4-10-19-41)21-27-12-5-2-1-3-6-14-29-23-38(29,36(47)40-52(49,50)31-15-16-31)39-34(45)32-22-30(25-43(32)35(27)46)51-37(48)42-20-17-26-11-7-8-13-28(26)24-42/h6-8,11,13-14,27,29-32H,1-5,9-10,12,15-25H2,(H,39,45)(H,40,47)/b14-6-/t27-,29+,30-,32+,38-/m1/s1. The molecule has 13 nitrogen and oxygen atoms in total. The lowest BCUT2D eigenvalue weighted by atomic mass is 9.94. The van der Waals surface area contributed by atoms with Crippen molar-refractivity contribution in [2.45, 2.75) is 119 Å². The Bertz CT molecular complexity index is 1710. The van der Waals surface area contributed by atoms with E-state index >= 15 is 0 Å². The Hall–Kier alpha value is -3.94. The van der Waals surface area contributed by atoms with Crippen LogP contribution in [0, 0.1) is 11.8 Å². The number of likely N-dealkylation sites (tertiary alicyclic amines) is 1. The van der Waals surface area contributed by atoms with E-state index in [1.807, 2.05) is 41.3 Å². The fraction of sp³-hybridized carbons (Fsp3) is 0.658. The molecule has 7 rings (SSSR count). The minimum Gasteiger partial charge on any atom is -0.444 e. The van der Waals surface area contributed by atoms with Crippen molar-refractivity contribution in [1.82, 2.24) is 24.7 Å². The number of benzene rings is 1. The van der Waals surface area contributed by atoms with E-state index in [4.69, 9.17) is 4.74 Å². The van der Waals surface area contributed by atoms with Gasteiger partial charge in [0.25, 0.3) is 5.91 Å². The van der Waals surface area contributed by atoms with Crippen molar-refractivity contribution in [3.63, 3.8) is 0 Å². The van der Waals surface area contributed by atoms with Gasteiger partial charge in [-0.15, -0.1) is 0 Å². The second-order valence-electron chi connectivity index (χ2n) is 15.5. The number of piperidine rings is 1. The van der Waals surface area contributed by atoms with Gasteiger partial charge < -0.3 is 24.8 Å². The number of fused-ring (bicyclic) bond motifs is 3. The number of rotatable bonds is 6. The summed E-state index contributed by atoms with van der Waals surface area (Å²) in [6, 6.07) is 6.85. The summed E-state index contributed by atoms with van der Waals surface area (Å²) in [4.78, 5) is 74.4. The highest BCUT2D eigenvalue weighted by Gasteiger charge is 2.62. The molecule has 2 saturated carbocycles. The lowest BCUT2D eigenvalue weighted by molar-refractivity contribution is -0.145. The summed E-state index contributed by atoms with van der Waals surface area (Å²) in [7, 11) is -3.87. The molecule has 2 saturated heterocycles. The Morgan fingerprint density at radius 1 is 0.923 bits per heavy atom. The Kier molecular flexibility index (Phi) is 10.6. The van der Waals surface area contributed by atoms with E-state index in [0.29, 0.717) is 51.9 Å². The Balaban J connectivity index is 1.13. The van der Waals surface area contributed by atoms with Crippen molar-refractivity contribution in [1.29, 1.82) is 0 Å². The average Bonchev–Trinajstić information content (AvgIpc) is 4.07. The monoisotopic (exact) mass is 737 g/mol. The molecule has 52 heavy (non-hydrogen) atoms. The van der Waals surface area contributed by atoms with Crippen LogP contribution in [0.1, 0.15) is 94.6 Å². The third-order valence-electron chi connectivity index (χ3n) is 11.7. The van der Waals surface area contributed by atoms with Crippen molar-refractivity contribution in [2.75, 3.05) is 26.2 Å². The van der Waals surface area contributed by atoms with Crippen LogP contribution in [0.4, 0.5) is 4.79 Å². The van der Waals surface area contributed by atoms with E-state index < -0.39 is 62.7 Å². The second-order valence-corrected chi connectivity index (χ2v) is 17.5. The number of nitrogens with one attached hydrogen (secondary N) is 2. The van der Waals surface area contributed by atoms with E-state index in [1.165, 1.54) is 10.5 Å². The van der Waals surface area contributed by atoms with Gasteiger partial charge >= 0.3 is 6.09 Å². The average molecular weight is 738 g/mol. The first-order chi connectivity index (χ1) is 25.0. The van der Waals surface area contributed by atoms with Crippen molar-refractivity contribution < 1.29 is 37.1 Å². The second kappa shape index (κ2) is 15.2. The molecular weight excluding hydrogens is 687 g/mol. The van der Waals surface area contributed by atoms with Gasteiger partial charge in [0, 0.05) is 50.9 Å². The summed E-state index contributed by atoms with van der Waals surface area (Å²) in [5.41, 5.74) is 0.743. The summed E-state index contributed by atoms with van der Waals surface area (Å²) in [5, 5.41) is 2.26. The number of sulfonamides is 1. The van der Waals surface area contributed by atoms with Crippen LogP contribution in [0.15, 0.2) is 36.4 Å². The maximum atomic E-state index is 14.5. The van der Waals surface area contributed by atoms with Crippen LogP contribution in [0.3, 0.4) is 0 Å². The lowest BCUT2D eigenvalue weighted by Gasteiger charge is -2.31. The molecule has 282 valence electrons. The molecule has 2 aliphatic carbocycles. The van der Waals surface area contributed by atoms with Gasteiger partial charge in [0.2, 0.25) is 27.7 Å². The summed E-state index contributed by atoms with van der Waals surface area (Å²) < 4.78 is 33.8. The molecule has 0 radical (unpaired) electrons. The lowest BCUT2D eigenvalue weighted by Crippen LogP contribution is -2.57. The van der Waals surface area contributed by atoms with Crippen LogP contribution in [0.5, 0.6) is 0 Å². The fourth-order valence-corrected chi connectivity index (χ4v) is 9.70. The van der Waals surface area contributed by atoms with Crippen LogP contribution in [-0.4, -0.2) is 102 Å². The minimum absolute atomic E-state index is 0.0130. The number of hydrogen-bond donors (Lipinski definition) is 2. The van der Waals surface area contributed by atoms with Gasteiger partial charge in [0.05, 0.1) is 11.8 Å². The zero-order chi connectivity index (χ0) is 36.5. The topological polar surface area (TPSA) is 162 Å². The third kappa shape index (κ3) is 8.01. The van der Waals surface area contributed by atoms with Gasteiger partial charge in [-0.2, -0.15) is 0 Å². The maximum Gasteiger partial charge on any atom is 0.410 e. The van der Waals surface area contributed by atoms with Crippen LogP contribution < -0.4 is 10.0 Å². The number of hydrogen-bond acceptors (Lipinski definition) is 8. The van der Waals surface area contributed by atoms with Crippen LogP contribution in [0.2, 0.25) is 0 Å². The summed E-state index contributed by atoms with van der Waals surface area (Å²) in [6.45, 7) is 2.18. The third-order valence-corrected chi connectivity index (χ3v) is 13.6. The van der Waals surface area contributed by atoms with Gasteiger partial charge in [-0.05, 0) is 75.3 Å². The molecule has 0 spiro atoms. The van der Waals surface area contributed by atoms with Crippen molar-refractivity contribution in [2.24, 2.45) is 11.8 Å². The molecule has 0 unspecified atom stereocenters. The van der Waals surface area contributed by atoms with Gasteiger partial charge in [-0.25, -0.2) is 13.2 Å². The van der Waals surface area contributed by atoms with Gasteiger partial charge in [0.1, 0.15) is 17.7 Å². The number of amides is 5. The zero-order valence-corrected chi connectivity index (χ0v) is 30.6. The Morgan fingerprint density at radius 3 is 2.44 bits per heavy atom. The van der Waals surface area contributed by atoms with Crippen LogP contribution in [0.25, 0.3) is 0 Å². The first kappa shape index (κ1) is 36.4. The molecule has 6 aliphatic rings. The number of nitrogens with zero attached hydrogens (tertiary/aromatic N) is 3. The molecular formula is C38H51N5O8S. The molecule has 5 amide bonds. The van der Waals surface area contributed by atoms with Gasteiger partial charge in [-0.3, -0.25) is 23.9 Å². The van der Waals surface area contributed by atoms with Crippen LogP contribution in [-0.2, 0) is 46.9 Å². The predicted molar refractivity (Wildman–Crippen MR) is 191 cm³/mol. The molecule has 4 heterocycles. The molecule has 1 aromatic rings. The first-order valence-corrected chi connectivity index (χ1v) is 20.7. The van der Waals surface area contributed by atoms with E-state index in [-0.39, 0.29) is 37.6 Å². The smallest absolute Gasteiger partial charge is 0.410 e. The molecule has 2 N–H and O–H groups in total. The van der Waals surface area contributed by atoms with Crippen molar-refractivity contribution in [3.8, 4) is 0 Å². The van der Waals surface area contributed by atoms with E-state index in [2.05, 4.69) is 10.0 Å². The van der Waals surface area contributed by atoms with Crippen LogP contribution >= 0.6 is 0 Å². The molecule has 0 aromatic heterocycles. The maximum absolute atomic E-state index is 14.5. The van der Waals surface area contributed by atoms with Gasteiger partial charge in [-0.1, -0.05) is 49.3 Å². The summed E-state index contributed by atoms with van der Waals surface area (Å²) >= 11 is 0.